The van der Waals surface area contributed by atoms with E-state index in [1.54, 1.807) is 11.3 Å². The third-order valence-corrected chi connectivity index (χ3v) is 2.98. The second-order valence-electron chi connectivity index (χ2n) is 2.84. The van der Waals surface area contributed by atoms with Crippen LogP contribution in [0.2, 0.25) is 0 Å². The zero-order valence-electron chi connectivity index (χ0n) is 7.74. The molecule has 1 rings (SSSR count). The minimum Gasteiger partial charge on any atom is -0.468 e. The minimum atomic E-state index is -0.302. The summed E-state index contributed by atoms with van der Waals surface area (Å²) in [6.07, 6.45) is 0. The summed E-state index contributed by atoms with van der Waals surface area (Å²) in [5.74, 6) is -0.562. The van der Waals surface area contributed by atoms with Gasteiger partial charge in [0, 0.05) is 11.4 Å². The third kappa shape index (κ3) is 2.29. The SMILES string of the molecule is COC(=O)C(CN)c1cc(C)cs1. The maximum atomic E-state index is 11.3. The quantitative estimate of drug-likeness (QED) is 0.746. The summed E-state index contributed by atoms with van der Waals surface area (Å²) in [6.45, 7) is 2.29. The average molecular weight is 199 g/mol. The van der Waals surface area contributed by atoms with Crippen molar-refractivity contribution in [2.75, 3.05) is 13.7 Å². The van der Waals surface area contributed by atoms with Gasteiger partial charge in [-0.3, -0.25) is 4.79 Å². The van der Waals surface area contributed by atoms with E-state index < -0.39 is 0 Å². The van der Waals surface area contributed by atoms with Crippen LogP contribution in [0.1, 0.15) is 16.4 Å². The number of carbonyl (C=O) groups is 1. The second kappa shape index (κ2) is 4.39. The van der Waals surface area contributed by atoms with Crippen LogP contribution >= 0.6 is 11.3 Å². The standard InChI is InChI=1S/C9H13NO2S/c1-6-3-8(13-5-6)7(4-10)9(11)12-2/h3,5,7H,4,10H2,1-2H3. The Bertz CT molecular complexity index is 296. The lowest BCUT2D eigenvalue weighted by Crippen LogP contribution is -2.21. The second-order valence-corrected chi connectivity index (χ2v) is 3.78. The fourth-order valence-electron chi connectivity index (χ4n) is 1.11. The summed E-state index contributed by atoms with van der Waals surface area (Å²) in [6, 6.07) is 1.97. The molecule has 0 aliphatic rings. The van der Waals surface area contributed by atoms with Crippen LogP contribution in [-0.4, -0.2) is 19.6 Å². The van der Waals surface area contributed by atoms with Gasteiger partial charge in [0.1, 0.15) is 5.92 Å². The smallest absolute Gasteiger partial charge is 0.315 e. The fraction of sp³-hybridized carbons (Fsp3) is 0.444. The Kier molecular flexibility index (Phi) is 3.45. The van der Waals surface area contributed by atoms with Crippen LogP contribution in [0.5, 0.6) is 0 Å². The monoisotopic (exact) mass is 199 g/mol. The Morgan fingerprint density at radius 1 is 1.77 bits per heavy atom. The maximum Gasteiger partial charge on any atom is 0.315 e. The molecule has 1 aromatic rings. The Labute approximate surface area is 81.5 Å². The third-order valence-electron chi connectivity index (χ3n) is 1.82. The number of aryl methyl sites for hydroxylation is 1. The summed E-state index contributed by atoms with van der Waals surface area (Å²) >= 11 is 1.55. The summed E-state index contributed by atoms with van der Waals surface area (Å²) in [5.41, 5.74) is 6.65. The molecule has 1 heterocycles. The van der Waals surface area contributed by atoms with E-state index in [9.17, 15) is 4.79 Å². The molecule has 0 bridgehead atoms. The van der Waals surface area contributed by atoms with Crippen molar-refractivity contribution in [2.24, 2.45) is 5.73 Å². The minimum absolute atomic E-state index is 0.260. The molecule has 0 aliphatic carbocycles. The first kappa shape index (κ1) is 10.2. The van der Waals surface area contributed by atoms with Gasteiger partial charge in [-0.15, -0.1) is 11.3 Å². The van der Waals surface area contributed by atoms with Gasteiger partial charge < -0.3 is 10.5 Å². The van der Waals surface area contributed by atoms with E-state index in [1.807, 2.05) is 18.4 Å². The van der Waals surface area contributed by atoms with E-state index in [2.05, 4.69) is 4.74 Å². The van der Waals surface area contributed by atoms with Crippen molar-refractivity contribution in [3.8, 4) is 0 Å². The van der Waals surface area contributed by atoms with E-state index in [-0.39, 0.29) is 11.9 Å². The van der Waals surface area contributed by atoms with Crippen LogP contribution in [0.4, 0.5) is 0 Å². The van der Waals surface area contributed by atoms with Crippen molar-refractivity contribution in [2.45, 2.75) is 12.8 Å². The molecule has 13 heavy (non-hydrogen) atoms. The highest BCUT2D eigenvalue weighted by Crippen LogP contribution is 2.23. The number of carbonyl (C=O) groups excluding carboxylic acids is 1. The van der Waals surface area contributed by atoms with Crippen molar-refractivity contribution in [3.63, 3.8) is 0 Å². The van der Waals surface area contributed by atoms with Crippen molar-refractivity contribution < 1.29 is 9.53 Å². The molecule has 1 unspecified atom stereocenters. The molecule has 72 valence electrons. The summed E-state index contributed by atoms with van der Waals surface area (Å²) < 4.78 is 4.65. The van der Waals surface area contributed by atoms with Crippen LogP contribution in [0.3, 0.4) is 0 Å². The number of thiophene rings is 1. The average Bonchev–Trinajstić information content (AvgIpc) is 2.53. The Morgan fingerprint density at radius 2 is 2.46 bits per heavy atom. The van der Waals surface area contributed by atoms with Gasteiger partial charge in [-0.25, -0.2) is 0 Å². The van der Waals surface area contributed by atoms with Crippen molar-refractivity contribution >= 4 is 17.3 Å². The van der Waals surface area contributed by atoms with Gasteiger partial charge in [-0.05, 0) is 23.9 Å². The van der Waals surface area contributed by atoms with Crippen LogP contribution in [0.25, 0.3) is 0 Å². The lowest BCUT2D eigenvalue weighted by atomic mass is 10.1. The van der Waals surface area contributed by atoms with Crippen LogP contribution in [-0.2, 0) is 9.53 Å². The highest BCUT2D eigenvalue weighted by Gasteiger charge is 2.20. The summed E-state index contributed by atoms with van der Waals surface area (Å²) in [4.78, 5) is 12.2. The van der Waals surface area contributed by atoms with Gasteiger partial charge in [-0.1, -0.05) is 0 Å². The number of ether oxygens (including phenoxy) is 1. The van der Waals surface area contributed by atoms with Crippen molar-refractivity contribution in [1.82, 2.24) is 0 Å². The van der Waals surface area contributed by atoms with E-state index in [0.29, 0.717) is 6.54 Å². The van der Waals surface area contributed by atoms with Crippen LogP contribution in [0, 0.1) is 6.92 Å². The molecule has 1 aromatic heterocycles. The van der Waals surface area contributed by atoms with E-state index in [0.717, 1.165) is 10.4 Å². The van der Waals surface area contributed by atoms with Gasteiger partial charge in [0.25, 0.3) is 0 Å². The van der Waals surface area contributed by atoms with Crippen molar-refractivity contribution in [1.29, 1.82) is 0 Å². The molecule has 0 radical (unpaired) electrons. The van der Waals surface area contributed by atoms with Gasteiger partial charge in [0.05, 0.1) is 7.11 Å². The fourth-order valence-corrected chi connectivity index (χ4v) is 2.11. The number of rotatable bonds is 3. The largest absolute Gasteiger partial charge is 0.468 e. The Morgan fingerprint density at radius 3 is 2.85 bits per heavy atom. The topological polar surface area (TPSA) is 52.3 Å². The van der Waals surface area contributed by atoms with Crippen LogP contribution in [0.15, 0.2) is 11.4 Å². The molecule has 4 heteroatoms. The maximum absolute atomic E-state index is 11.3. The molecule has 0 fully saturated rings. The number of nitrogens with two attached hydrogens (primary N) is 1. The Balaban J connectivity index is 2.84. The van der Waals surface area contributed by atoms with Gasteiger partial charge in [0.15, 0.2) is 0 Å². The van der Waals surface area contributed by atoms with Gasteiger partial charge >= 0.3 is 5.97 Å². The zero-order chi connectivity index (χ0) is 9.84. The first-order valence-electron chi connectivity index (χ1n) is 4.02. The van der Waals surface area contributed by atoms with E-state index in [4.69, 9.17) is 5.73 Å². The first-order valence-corrected chi connectivity index (χ1v) is 4.90. The molecule has 0 aromatic carbocycles. The van der Waals surface area contributed by atoms with Crippen molar-refractivity contribution in [3.05, 3.63) is 21.9 Å². The molecule has 0 saturated carbocycles. The van der Waals surface area contributed by atoms with E-state index in [1.165, 1.54) is 7.11 Å². The number of esters is 1. The highest BCUT2D eigenvalue weighted by molar-refractivity contribution is 7.10. The predicted molar refractivity (Wildman–Crippen MR) is 52.9 cm³/mol. The molecule has 1 atom stereocenters. The molecule has 0 aliphatic heterocycles. The summed E-state index contributed by atoms with van der Waals surface area (Å²) in [5, 5.41) is 2.00. The number of hydrogen-bond acceptors (Lipinski definition) is 4. The number of methoxy groups -OCH3 is 1. The predicted octanol–water partition coefficient (Wildman–Crippen LogP) is 1.27. The normalized spacial score (nSPS) is 12.5. The molecule has 2 N–H and O–H groups in total. The molecular weight excluding hydrogens is 186 g/mol. The highest BCUT2D eigenvalue weighted by atomic mass is 32.1. The summed E-state index contributed by atoms with van der Waals surface area (Å²) in [7, 11) is 1.38. The molecule has 0 saturated heterocycles. The number of hydrogen-bond donors (Lipinski definition) is 1. The molecular formula is C9H13NO2S. The molecule has 0 spiro atoms. The first-order chi connectivity index (χ1) is 6.19. The zero-order valence-corrected chi connectivity index (χ0v) is 8.56. The molecule has 3 nitrogen and oxygen atoms in total. The lowest BCUT2D eigenvalue weighted by Gasteiger charge is -2.09. The van der Waals surface area contributed by atoms with Crippen LogP contribution < -0.4 is 5.73 Å². The van der Waals surface area contributed by atoms with Gasteiger partial charge in [-0.2, -0.15) is 0 Å². The van der Waals surface area contributed by atoms with E-state index >= 15 is 0 Å². The lowest BCUT2D eigenvalue weighted by molar-refractivity contribution is -0.142. The molecule has 0 amide bonds. The Hall–Kier alpha value is -0.870. The van der Waals surface area contributed by atoms with Gasteiger partial charge in [0.2, 0.25) is 0 Å².